The molecule has 0 fully saturated rings. The van der Waals surface area contributed by atoms with Crippen LogP contribution in [-0.4, -0.2) is 24.3 Å². The van der Waals surface area contributed by atoms with E-state index < -0.39 is 0 Å². The average molecular weight is 363 g/mol. The van der Waals surface area contributed by atoms with Crippen molar-refractivity contribution in [2.75, 3.05) is 0 Å². The monoisotopic (exact) mass is 363 g/mol. The number of pyridine rings is 2. The lowest BCUT2D eigenvalue weighted by molar-refractivity contribution is 1.07. The van der Waals surface area contributed by atoms with E-state index in [1.54, 1.807) is 0 Å². The van der Waals surface area contributed by atoms with Gasteiger partial charge in [-0.2, -0.15) is 0 Å². The molecule has 0 aliphatic carbocycles. The molecule has 0 radical (unpaired) electrons. The quantitative estimate of drug-likeness (QED) is 0.280. The Hall–Kier alpha value is -3.60. The Bertz CT molecular complexity index is 1590. The standard InChI is InChI=1S/C23H17N5/c1-12-11-18-27-21-19-15(7-6-10-24-19)20-22(23(21)28(18)14(3)13(12)2)26-17-9-5-4-8-16(17)25-20/h4-11H,1-3H3. The molecule has 28 heavy (non-hydrogen) atoms. The van der Waals surface area contributed by atoms with Crippen molar-refractivity contribution >= 4 is 49.7 Å². The maximum Gasteiger partial charge on any atom is 0.138 e. The summed E-state index contributed by atoms with van der Waals surface area (Å²) in [6.07, 6.45) is 1.81. The molecule has 0 N–H and O–H groups in total. The van der Waals surface area contributed by atoms with Gasteiger partial charge >= 0.3 is 0 Å². The fourth-order valence-corrected chi connectivity index (χ4v) is 4.15. The van der Waals surface area contributed by atoms with Crippen LogP contribution >= 0.6 is 0 Å². The number of hydrogen-bond donors (Lipinski definition) is 0. The van der Waals surface area contributed by atoms with Crippen LogP contribution in [0.15, 0.2) is 48.7 Å². The summed E-state index contributed by atoms with van der Waals surface area (Å²) in [4.78, 5) is 19.6. The minimum Gasteiger partial charge on any atom is -0.294 e. The molecule has 0 saturated heterocycles. The summed E-state index contributed by atoms with van der Waals surface area (Å²) in [7, 11) is 0. The third kappa shape index (κ3) is 1.85. The summed E-state index contributed by atoms with van der Waals surface area (Å²) in [6, 6.07) is 14.1. The lowest BCUT2D eigenvalue weighted by atomic mass is 10.1. The first-order valence-corrected chi connectivity index (χ1v) is 9.35. The number of nitrogens with zero attached hydrogens (tertiary/aromatic N) is 5. The predicted octanol–water partition coefficient (Wildman–Crippen LogP) is 5.06. The second-order valence-electron chi connectivity index (χ2n) is 7.35. The third-order valence-electron chi connectivity index (χ3n) is 5.80. The van der Waals surface area contributed by atoms with E-state index in [-0.39, 0.29) is 0 Å². The summed E-state index contributed by atoms with van der Waals surface area (Å²) >= 11 is 0. The SMILES string of the molecule is Cc1cc2nc3c4ncccc4c4nc5ccccc5nc4c3n2c(C)c1C. The summed E-state index contributed by atoms with van der Waals surface area (Å²) in [5.41, 5.74) is 10.8. The number of aromatic nitrogens is 5. The maximum atomic E-state index is 5.02. The smallest absolute Gasteiger partial charge is 0.138 e. The lowest BCUT2D eigenvalue weighted by Gasteiger charge is -2.10. The van der Waals surface area contributed by atoms with E-state index in [0.717, 1.165) is 49.7 Å². The number of hydrogen-bond acceptors (Lipinski definition) is 4. The van der Waals surface area contributed by atoms with Crippen LogP contribution in [0.2, 0.25) is 0 Å². The van der Waals surface area contributed by atoms with Gasteiger partial charge in [0, 0.05) is 17.3 Å². The van der Waals surface area contributed by atoms with E-state index in [4.69, 9.17) is 15.0 Å². The van der Waals surface area contributed by atoms with Gasteiger partial charge in [-0.1, -0.05) is 12.1 Å². The van der Waals surface area contributed by atoms with Crippen molar-refractivity contribution in [3.63, 3.8) is 0 Å². The number of aryl methyl sites for hydroxylation is 2. The summed E-state index contributed by atoms with van der Waals surface area (Å²) in [5, 5.41) is 0.984. The second-order valence-corrected chi connectivity index (χ2v) is 7.35. The Labute approximate surface area is 160 Å². The fourth-order valence-electron chi connectivity index (χ4n) is 4.15. The number of fused-ring (bicyclic) bond motifs is 9. The number of benzene rings is 2. The van der Waals surface area contributed by atoms with Crippen molar-refractivity contribution in [1.29, 1.82) is 0 Å². The van der Waals surface area contributed by atoms with Gasteiger partial charge in [0.1, 0.15) is 33.2 Å². The Balaban J connectivity index is 2.01. The molecule has 0 unspecified atom stereocenters. The van der Waals surface area contributed by atoms with Gasteiger partial charge in [0.15, 0.2) is 0 Å². The summed E-state index contributed by atoms with van der Waals surface area (Å²) < 4.78 is 2.21. The van der Waals surface area contributed by atoms with Crippen LogP contribution < -0.4 is 0 Å². The van der Waals surface area contributed by atoms with Crippen molar-refractivity contribution in [3.8, 4) is 0 Å². The van der Waals surface area contributed by atoms with E-state index in [1.165, 1.54) is 16.8 Å². The summed E-state index contributed by atoms with van der Waals surface area (Å²) in [6.45, 7) is 6.42. The van der Waals surface area contributed by atoms with E-state index >= 15 is 0 Å². The third-order valence-corrected chi connectivity index (χ3v) is 5.80. The number of rotatable bonds is 0. The molecule has 0 aliphatic heterocycles. The molecule has 4 aromatic heterocycles. The molecular weight excluding hydrogens is 346 g/mol. The normalized spacial score (nSPS) is 12.1. The van der Waals surface area contributed by atoms with E-state index in [9.17, 15) is 0 Å². The zero-order valence-corrected chi connectivity index (χ0v) is 15.9. The minimum absolute atomic E-state index is 0.869. The summed E-state index contributed by atoms with van der Waals surface area (Å²) in [5.74, 6) is 0. The molecular formula is C23H17N5. The van der Waals surface area contributed by atoms with Crippen LogP contribution in [0.25, 0.3) is 49.7 Å². The van der Waals surface area contributed by atoms with Crippen LogP contribution in [0.4, 0.5) is 0 Å². The predicted molar refractivity (Wildman–Crippen MR) is 113 cm³/mol. The molecule has 0 saturated carbocycles. The first-order valence-electron chi connectivity index (χ1n) is 9.35. The molecule has 6 rings (SSSR count). The zero-order chi connectivity index (χ0) is 19.0. The number of para-hydroxylation sites is 2. The second kappa shape index (κ2) is 5.23. The highest BCUT2D eigenvalue weighted by molar-refractivity contribution is 6.21. The van der Waals surface area contributed by atoms with Gasteiger partial charge in [0.2, 0.25) is 0 Å². The van der Waals surface area contributed by atoms with Crippen LogP contribution in [0.3, 0.4) is 0 Å². The fraction of sp³-hybridized carbons (Fsp3) is 0.130. The Morgan fingerprint density at radius 3 is 2.25 bits per heavy atom. The minimum atomic E-state index is 0.869. The Kier molecular flexibility index (Phi) is 2.88. The highest BCUT2D eigenvalue weighted by atomic mass is 15.0. The van der Waals surface area contributed by atoms with Crippen molar-refractivity contribution in [3.05, 3.63) is 65.5 Å². The van der Waals surface area contributed by atoms with Gasteiger partial charge in [0.05, 0.1) is 11.0 Å². The van der Waals surface area contributed by atoms with Crippen LogP contribution in [0.1, 0.15) is 16.8 Å². The Morgan fingerprint density at radius 2 is 1.46 bits per heavy atom. The first-order chi connectivity index (χ1) is 13.6. The molecule has 2 aromatic carbocycles. The number of imidazole rings is 1. The van der Waals surface area contributed by atoms with E-state index in [1.807, 2.05) is 36.5 Å². The maximum absolute atomic E-state index is 5.02. The average Bonchev–Trinajstić information content (AvgIpc) is 3.10. The van der Waals surface area contributed by atoms with Crippen LogP contribution in [-0.2, 0) is 0 Å². The van der Waals surface area contributed by atoms with Crippen LogP contribution in [0.5, 0.6) is 0 Å². The zero-order valence-electron chi connectivity index (χ0n) is 15.9. The van der Waals surface area contributed by atoms with Gasteiger partial charge < -0.3 is 0 Å². The van der Waals surface area contributed by atoms with Crippen molar-refractivity contribution in [1.82, 2.24) is 24.3 Å². The van der Waals surface area contributed by atoms with Gasteiger partial charge in [-0.05, 0) is 62.2 Å². The molecule has 134 valence electrons. The highest BCUT2D eigenvalue weighted by Gasteiger charge is 2.19. The van der Waals surface area contributed by atoms with Crippen molar-refractivity contribution in [2.24, 2.45) is 0 Å². The van der Waals surface area contributed by atoms with Gasteiger partial charge in [-0.15, -0.1) is 0 Å². The topological polar surface area (TPSA) is 56.0 Å². The lowest BCUT2D eigenvalue weighted by Crippen LogP contribution is -1.99. The van der Waals surface area contributed by atoms with E-state index in [0.29, 0.717) is 0 Å². The van der Waals surface area contributed by atoms with Crippen molar-refractivity contribution < 1.29 is 0 Å². The molecule has 0 bridgehead atoms. The van der Waals surface area contributed by atoms with Gasteiger partial charge in [0.25, 0.3) is 0 Å². The molecule has 0 aliphatic rings. The molecule has 0 amide bonds. The molecule has 0 atom stereocenters. The molecule has 5 heteroatoms. The van der Waals surface area contributed by atoms with E-state index in [2.05, 4.69) is 42.3 Å². The molecule has 5 nitrogen and oxygen atoms in total. The van der Waals surface area contributed by atoms with Crippen molar-refractivity contribution in [2.45, 2.75) is 20.8 Å². The van der Waals surface area contributed by atoms with Gasteiger partial charge in [-0.25, -0.2) is 15.0 Å². The largest absolute Gasteiger partial charge is 0.294 e. The van der Waals surface area contributed by atoms with Gasteiger partial charge in [-0.3, -0.25) is 9.38 Å². The first kappa shape index (κ1) is 15.5. The molecule has 0 spiro atoms. The molecule has 6 aromatic rings. The molecule has 4 heterocycles. The Morgan fingerprint density at radius 1 is 0.750 bits per heavy atom. The van der Waals surface area contributed by atoms with Crippen LogP contribution in [0, 0.1) is 20.8 Å². The highest BCUT2D eigenvalue weighted by Crippen LogP contribution is 2.34.